The van der Waals surface area contributed by atoms with Crippen molar-refractivity contribution >= 4 is 17.1 Å². The van der Waals surface area contributed by atoms with Gasteiger partial charge in [-0.3, -0.25) is 0 Å². The summed E-state index contributed by atoms with van der Waals surface area (Å²) >= 11 is 0.750. The average Bonchev–Trinajstić information content (AvgIpc) is 1.66. The second-order valence-electron chi connectivity index (χ2n) is 1.02. The van der Waals surface area contributed by atoms with Crippen molar-refractivity contribution in [1.29, 1.82) is 5.26 Å². The summed E-state index contributed by atoms with van der Waals surface area (Å²) in [5.41, 5.74) is 0. The second-order valence-corrected chi connectivity index (χ2v) is 2.07. The van der Waals surface area contributed by atoms with E-state index < -0.39 is 5.30 Å². The average molecular weight is 131 g/mol. The Morgan fingerprint density at radius 2 is 2.50 bits per heavy atom. The van der Waals surface area contributed by atoms with Gasteiger partial charge in [0.25, 0.3) is 0 Å². The highest BCUT2D eigenvalue weighted by Gasteiger charge is 1.93. The molecule has 0 rings (SSSR count). The van der Waals surface area contributed by atoms with Gasteiger partial charge in [0.15, 0.2) is 0 Å². The maximum atomic E-state index is 9.73. The minimum atomic E-state index is -0.916. The van der Waals surface area contributed by atoms with E-state index >= 15 is 0 Å². The zero-order chi connectivity index (χ0) is 6.41. The van der Waals surface area contributed by atoms with E-state index in [4.69, 9.17) is 10.4 Å². The van der Waals surface area contributed by atoms with Crippen LogP contribution in [0.2, 0.25) is 0 Å². The Bertz CT molecular complexity index is 118. The Labute approximate surface area is 51.3 Å². The van der Waals surface area contributed by atoms with Crippen LogP contribution in [-0.2, 0) is 0 Å². The molecule has 0 aliphatic carbocycles. The molecule has 0 radical (unpaired) electrons. The minimum Gasteiger partial charge on any atom is -0.473 e. The topological polar surface area (TPSA) is 61.1 Å². The molecule has 0 bridgehead atoms. The van der Waals surface area contributed by atoms with Gasteiger partial charge in [0, 0.05) is 12.2 Å². The number of carboxylic acid groups (broad SMARTS) is 1. The lowest BCUT2D eigenvalue weighted by molar-refractivity contribution is 0.222. The van der Waals surface area contributed by atoms with E-state index in [2.05, 4.69) is 0 Å². The van der Waals surface area contributed by atoms with Crippen molar-refractivity contribution in [2.45, 2.75) is 6.42 Å². The van der Waals surface area contributed by atoms with E-state index in [-0.39, 0.29) is 0 Å². The zero-order valence-corrected chi connectivity index (χ0v) is 4.94. The fourth-order valence-corrected chi connectivity index (χ4v) is 0.552. The molecule has 0 atom stereocenters. The fourth-order valence-electron chi connectivity index (χ4n) is 0.184. The molecule has 0 aliphatic rings. The molecule has 0 spiro atoms. The van der Waals surface area contributed by atoms with Crippen LogP contribution in [0.5, 0.6) is 0 Å². The molecular formula is C4H5NO2S. The van der Waals surface area contributed by atoms with E-state index in [0.29, 0.717) is 12.2 Å². The van der Waals surface area contributed by atoms with Crippen molar-refractivity contribution in [3.63, 3.8) is 0 Å². The van der Waals surface area contributed by atoms with Gasteiger partial charge < -0.3 is 5.11 Å². The van der Waals surface area contributed by atoms with Gasteiger partial charge in [0.2, 0.25) is 0 Å². The molecule has 0 heterocycles. The number of hydrogen-bond donors (Lipinski definition) is 1. The number of rotatable bonds is 2. The molecule has 0 saturated heterocycles. The van der Waals surface area contributed by atoms with Gasteiger partial charge in [-0.15, -0.1) is 0 Å². The summed E-state index contributed by atoms with van der Waals surface area (Å²) in [5.74, 6) is 0.381. The van der Waals surface area contributed by atoms with Crippen molar-refractivity contribution < 1.29 is 9.90 Å². The highest BCUT2D eigenvalue weighted by molar-refractivity contribution is 8.13. The second kappa shape index (κ2) is 4.47. The van der Waals surface area contributed by atoms with Crippen molar-refractivity contribution in [3.8, 4) is 6.07 Å². The standard InChI is InChI=1S/C4H5NO2S/c5-2-1-3-8-4(6)7/h1,3H2,(H,6,7). The number of hydrogen-bond acceptors (Lipinski definition) is 3. The molecule has 0 unspecified atom stereocenters. The van der Waals surface area contributed by atoms with Crippen LogP contribution in [0.4, 0.5) is 4.79 Å². The van der Waals surface area contributed by atoms with Gasteiger partial charge in [-0.2, -0.15) is 5.26 Å². The monoisotopic (exact) mass is 131 g/mol. The largest absolute Gasteiger partial charge is 0.473 e. The fraction of sp³-hybridized carbons (Fsp3) is 0.500. The lowest BCUT2D eigenvalue weighted by atomic mass is 10.6. The van der Waals surface area contributed by atoms with Gasteiger partial charge in [-0.25, -0.2) is 4.79 Å². The van der Waals surface area contributed by atoms with Crippen molar-refractivity contribution in [1.82, 2.24) is 0 Å². The van der Waals surface area contributed by atoms with Crippen LogP contribution in [0.3, 0.4) is 0 Å². The van der Waals surface area contributed by atoms with Gasteiger partial charge in [0.05, 0.1) is 6.07 Å². The summed E-state index contributed by atoms with van der Waals surface area (Å²) in [5, 5.41) is 15.0. The molecule has 0 aromatic rings. The zero-order valence-electron chi connectivity index (χ0n) is 4.13. The Kier molecular flexibility index (Phi) is 4.08. The molecule has 8 heavy (non-hydrogen) atoms. The van der Waals surface area contributed by atoms with Crippen molar-refractivity contribution in [3.05, 3.63) is 0 Å². The van der Waals surface area contributed by atoms with Crippen molar-refractivity contribution in [2.75, 3.05) is 5.75 Å². The van der Waals surface area contributed by atoms with E-state index in [1.54, 1.807) is 0 Å². The number of carbonyl (C=O) groups is 1. The van der Waals surface area contributed by atoms with Gasteiger partial charge in [-0.05, 0) is 11.8 Å². The molecule has 0 aromatic heterocycles. The first-order valence-electron chi connectivity index (χ1n) is 2.00. The summed E-state index contributed by atoms with van der Waals surface area (Å²) in [6, 6.07) is 1.84. The first-order chi connectivity index (χ1) is 3.77. The quantitative estimate of drug-likeness (QED) is 0.574. The number of nitriles is 1. The Balaban J connectivity index is 2.97. The van der Waals surface area contributed by atoms with Crippen LogP contribution < -0.4 is 0 Å². The summed E-state index contributed by atoms with van der Waals surface area (Å²) in [7, 11) is 0. The summed E-state index contributed by atoms with van der Waals surface area (Å²) in [6.45, 7) is 0. The number of thioether (sulfide) groups is 1. The van der Waals surface area contributed by atoms with Gasteiger partial charge in [0.1, 0.15) is 0 Å². The Morgan fingerprint density at radius 3 is 2.88 bits per heavy atom. The van der Waals surface area contributed by atoms with Gasteiger partial charge in [-0.1, -0.05) is 0 Å². The highest BCUT2D eigenvalue weighted by Crippen LogP contribution is 2.00. The van der Waals surface area contributed by atoms with Crippen LogP contribution >= 0.6 is 11.8 Å². The third kappa shape index (κ3) is 5.31. The molecule has 0 saturated carbocycles. The Morgan fingerprint density at radius 1 is 1.88 bits per heavy atom. The van der Waals surface area contributed by atoms with Crippen LogP contribution in [-0.4, -0.2) is 16.2 Å². The van der Waals surface area contributed by atoms with Crippen LogP contribution in [0, 0.1) is 11.3 Å². The third-order valence-electron chi connectivity index (χ3n) is 0.439. The lowest BCUT2D eigenvalue weighted by Crippen LogP contribution is -1.84. The van der Waals surface area contributed by atoms with Crippen LogP contribution in [0.25, 0.3) is 0 Å². The highest BCUT2D eigenvalue weighted by atomic mass is 32.2. The lowest BCUT2D eigenvalue weighted by Gasteiger charge is -1.84. The number of nitrogens with zero attached hydrogens (tertiary/aromatic N) is 1. The summed E-state index contributed by atoms with van der Waals surface area (Å²) in [6.07, 6.45) is 0.303. The molecule has 3 nitrogen and oxygen atoms in total. The minimum absolute atomic E-state index is 0.303. The molecule has 0 aromatic carbocycles. The molecule has 1 N–H and O–H groups in total. The van der Waals surface area contributed by atoms with E-state index in [1.807, 2.05) is 6.07 Å². The maximum absolute atomic E-state index is 9.73. The van der Waals surface area contributed by atoms with E-state index in [0.717, 1.165) is 11.8 Å². The van der Waals surface area contributed by atoms with Crippen LogP contribution in [0.1, 0.15) is 6.42 Å². The molecule has 0 fully saturated rings. The molecule has 4 heteroatoms. The molecule has 0 amide bonds. The first kappa shape index (κ1) is 7.31. The van der Waals surface area contributed by atoms with Gasteiger partial charge >= 0.3 is 5.30 Å². The predicted octanol–water partition coefficient (Wildman–Crippen LogP) is 1.31. The SMILES string of the molecule is N#CCCSC(=O)O. The maximum Gasteiger partial charge on any atom is 0.364 e. The summed E-state index contributed by atoms with van der Waals surface area (Å²) < 4.78 is 0. The smallest absolute Gasteiger partial charge is 0.364 e. The first-order valence-corrected chi connectivity index (χ1v) is 2.98. The summed E-state index contributed by atoms with van der Waals surface area (Å²) in [4.78, 5) is 9.73. The molecule has 0 aliphatic heterocycles. The third-order valence-corrected chi connectivity index (χ3v) is 1.09. The Hall–Kier alpha value is -0.690. The van der Waals surface area contributed by atoms with E-state index in [1.165, 1.54) is 0 Å². The van der Waals surface area contributed by atoms with Crippen molar-refractivity contribution in [2.24, 2.45) is 0 Å². The van der Waals surface area contributed by atoms with E-state index in [9.17, 15) is 4.79 Å². The molecule has 44 valence electrons. The predicted molar refractivity (Wildman–Crippen MR) is 30.7 cm³/mol. The normalized spacial score (nSPS) is 7.88. The molecular weight excluding hydrogens is 126 g/mol. The van der Waals surface area contributed by atoms with Crippen LogP contribution in [0.15, 0.2) is 0 Å².